The van der Waals surface area contributed by atoms with Crippen molar-refractivity contribution in [1.29, 1.82) is 0 Å². The largest absolute Gasteiger partial charge is 0.372 e. The van der Waals surface area contributed by atoms with Gasteiger partial charge in [0.1, 0.15) is 5.82 Å². The quantitative estimate of drug-likeness (QED) is 0.436. The van der Waals surface area contributed by atoms with Crippen LogP contribution in [-0.2, 0) is 4.79 Å². The summed E-state index contributed by atoms with van der Waals surface area (Å²) in [5.74, 6) is 0.305. The highest BCUT2D eigenvalue weighted by molar-refractivity contribution is 8.00. The van der Waals surface area contributed by atoms with Gasteiger partial charge in [-0.25, -0.2) is 4.39 Å². The summed E-state index contributed by atoms with van der Waals surface area (Å²) in [6.45, 7) is 6.05. The van der Waals surface area contributed by atoms with E-state index in [4.69, 9.17) is 0 Å². The Labute approximate surface area is 210 Å². The fourth-order valence-corrected chi connectivity index (χ4v) is 4.93. The summed E-state index contributed by atoms with van der Waals surface area (Å²) in [5.41, 5.74) is 2.72. The van der Waals surface area contributed by atoms with Gasteiger partial charge in [-0.15, -0.1) is 10.2 Å². The summed E-state index contributed by atoms with van der Waals surface area (Å²) in [5, 5.41) is 12.0. The molecule has 3 aromatic rings. The fraction of sp³-hybridized carbons (Fsp3) is 0.423. The van der Waals surface area contributed by atoms with Gasteiger partial charge < -0.3 is 10.2 Å². The molecule has 1 fully saturated rings. The van der Waals surface area contributed by atoms with Crippen molar-refractivity contribution in [3.05, 3.63) is 60.2 Å². The summed E-state index contributed by atoms with van der Waals surface area (Å²) in [7, 11) is 3.93. The first-order chi connectivity index (χ1) is 16.8. The van der Waals surface area contributed by atoms with Crippen molar-refractivity contribution in [3.8, 4) is 5.69 Å². The van der Waals surface area contributed by atoms with Gasteiger partial charge in [0.05, 0.1) is 11.3 Å². The molecule has 1 amide bonds. The first-order valence-electron chi connectivity index (χ1n) is 12.0. The summed E-state index contributed by atoms with van der Waals surface area (Å²) < 4.78 is 15.5. The maximum Gasteiger partial charge on any atom is 0.237 e. The molecule has 1 aliphatic heterocycles. The van der Waals surface area contributed by atoms with Crippen LogP contribution in [0.4, 0.5) is 15.8 Å². The third-order valence-corrected chi connectivity index (χ3v) is 7.44. The second kappa shape index (κ2) is 11.2. The Morgan fingerprint density at radius 2 is 1.60 bits per heavy atom. The fourth-order valence-electron chi connectivity index (χ4n) is 4.06. The van der Waals surface area contributed by atoms with E-state index >= 15 is 0 Å². The monoisotopic (exact) mass is 496 g/mol. The number of amides is 1. The van der Waals surface area contributed by atoms with E-state index in [1.165, 1.54) is 48.8 Å². The van der Waals surface area contributed by atoms with Crippen LogP contribution in [0.1, 0.15) is 45.0 Å². The molecule has 2 atom stereocenters. The molecule has 1 saturated heterocycles. The van der Waals surface area contributed by atoms with Crippen LogP contribution >= 0.6 is 11.8 Å². The lowest BCUT2D eigenvalue weighted by Crippen LogP contribution is -2.29. The normalized spacial score (nSPS) is 15.8. The lowest BCUT2D eigenvalue weighted by atomic mass is 10.1. The van der Waals surface area contributed by atoms with Gasteiger partial charge in [-0.3, -0.25) is 14.3 Å². The number of nitrogens with one attached hydrogen (secondary N) is 1. The molecule has 0 saturated carbocycles. The van der Waals surface area contributed by atoms with E-state index in [9.17, 15) is 9.18 Å². The second-order valence-corrected chi connectivity index (χ2v) is 10.4. The maximum absolute atomic E-state index is 13.6. The predicted molar refractivity (Wildman–Crippen MR) is 140 cm³/mol. The summed E-state index contributed by atoms with van der Waals surface area (Å²) in [6, 6.07) is 14.2. The highest BCUT2D eigenvalue weighted by Gasteiger charge is 2.24. The van der Waals surface area contributed by atoms with Crippen molar-refractivity contribution in [3.63, 3.8) is 0 Å². The number of thioether (sulfide) groups is 1. The van der Waals surface area contributed by atoms with E-state index in [0.29, 0.717) is 5.16 Å². The third-order valence-electron chi connectivity index (χ3n) is 6.40. The van der Waals surface area contributed by atoms with Gasteiger partial charge in [-0.1, -0.05) is 11.8 Å². The van der Waals surface area contributed by atoms with Gasteiger partial charge >= 0.3 is 0 Å². The Kier molecular flexibility index (Phi) is 8.07. The van der Waals surface area contributed by atoms with Crippen LogP contribution in [0.15, 0.2) is 53.7 Å². The number of nitrogens with zero attached hydrogens (tertiary/aromatic N) is 5. The van der Waals surface area contributed by atoms with Crippen molar-refractivity contribution in [2.24, 2.45) is 0 Å². The summed E-state index contributed by atoms with van der Waals surface area (Å²) >= 11 is 1.33. The van der Waals surface area contributed by atoms with Crippen LogP contribution in [0, 0.1) is 5.82 Å². The minimum Gasteiger partial charge on any atom is -0.372 e. The number of benzene rings is 2. The molecule has 9 heteroatoms. The Balaban J connectivity index is 1.48. The molecule has 2 aromatic carbocycles. The zero-order chi connectivity index (χ0) is 24.9. The van der Waals surface area contributed by atoms with Crippen molar-refractivity contribution in [2.45, 2.75) is 49.6 Å². The molecule has 35 heavy (non-hydrogen) atoms. The van der Waals surface area contributed by atoms with Gasteiger partial charge in [0.25, 0.3) is 0 Å². The number of hydrogen-bond acceptors (Lipinski definition) is 6. The summed E-state index contributed by atoms with van der Waals surface area (Å²) in [6.07, 6.45) is 3.75. The molecular weight excluding hydrogens is 463 g/mol. The number of carbonyl (C=O) groups is 1. The Bertz CT molecular complexity index is 1130. The first kappa shape index (κ1) is 25.2. The highest BCUT2D eigenvalue weighted by Crippen LogP contribution is 2.30. The molecular formula is C26H33FN6OS. The van der Waals surface area contributed by atoms with Gasteiger partial charge in [0.15, 0.2) is 11.0 Å². The number of rotatable bonds is 8. The topological polar surface area (TPSA) is 66.3 Å². The van der Waals surface area contributed by atoms with Crippen LogP contribution < -0.4 is 10.2 Å². The Morgan fingerprint density at radius 1 is 0.971 bits per heavy atom. The number of hydrogen-bond donors (Lipinski definition) is 1. The zero-order valence-electron chi connectivity index (χ0n) is 20.7. The number of anilines is 2. The molecule has 1 N–H and O–H groups in total. The lowest BCUT2D eigenvalue weighted by Gasteiger charge is -2.28. The van der Waals surface area contributed by atoms with Gasteiger partial charge in [0.2, 0.25) is 5.91 Å². The van der Waals surface area contributed by atoms with Crippen LogP contribution in [0.25, 0.3) is 5.69 Å². The van der Waals surface area contributed by atoms with E-state index in [2.05, 4.69) is 32.5 Å². The predicted octanol–water partition coefficient (Wildman–Crippen LogP) is 5.14. The van der Waals surface area contributed by atoms with Gasteiger partial charge in [-0.05, 0) is 95.7 Å². The number of halogens is 1. The standard InChI is InChI=1S/C26H33FN6OS/c1-18(31(3)4)24-29-30-26(33(24)23-12-8-20(27)9-13-23)35-19(2)25(34)28-21-10-14-22(15-11-21)32-16-6-5-7-17-32/h8-15,18-19H,5-7,16-17H2,1-4H3,(H,28,34). The average molecular weight is 497 g/mol. The molecule has 7 nitrogen and oxygen atoms in total. The molecule has 1 aromatic heterocycles. The van der Waals surface area contributed by atoms with Crippen molar-refractivity contribution >= 4 is 29.0 Å². The van der Waals surface area contributed by atoms with E-state index in [1.54, 1.807) is 12.1 Å². The molecule has 4 rings (SSSR count). The molecule has 2 unspecified atom stereocenters. The molecule has 0 bridgehead atoms. The Morgan fingerprint density at radius 3 is 2.23 bits per heavy atom. The van der Waals surface area contributed by atoms with Gasteiger partial charge in [0, 0.05) is 30.2 Å². The van der Waals surface area contributed by atoms with E-state index in [1.807, 2.05) is 49.5 Å². The average Bonchev–Trinajstić information content (AvgIpc) is 3.28. The lowest BCUT2D eigenvalue weighted by molar-refractivity contribution is -0.115. The third kappa shape index (κ3) is 6.02. The van der Waals surface area contributed by atoms with Crippen LogP contribution in [-0.4, -0.2) is 58.0 Å². The van der Waals surface area contributed by atoms with Gasteiger partial charge in [-0.2, -0.15) is 0 Å². The van der Waals surface area contributed by atoms with E-state index in [-0.39, 0.29) is 17.8 Å². The molecule has 2 heterocycles. The zero-order valence-corrected chi connectivity index (χ0v) is 21.6. The highest BCUT2D eigenvalue weighted by atomic mass is 32.2. The second-order valence-electron chi connectivity index (χ2n) is 9.14. The first-order valence-corrected chi connectivity index (χ1v) is 12.9. The number of carbonyl (C=O) groups excluding carboxylic acids is 1. The van der Waals surface area contributed by atoms with Crippen molar-refractivity contribution in [2.75, 3.05) is 37.4 Å². The SMILES string of the molecule is CC(Sc1nnc(C(C)N(C)C)n1-c1ccc(F)cc1)C(=O)Nc1ccc(N2CCCCC2)cc1. The molecule has 1 aliphatic rings. The number of piperidine rings is 1. The molecule has 0 radical (unpaired) electrons. The molecule has 186 valence electrons. The van der Waals surface area contributed by atoms with Crippen LogP contribution in [0.5, 0.6) is 0 Å². The van der Waals surface area contributed by atoms with Crippen LogP contribution in [0.2, 0.25) is 0 Å². The maximum atomic E-state index is 13.6. The van der Waals surface area contributed by atoms with E-state index in [0.717, 1.165) is 30.3 Å². The smallest absolute Gasteiger partial charge is 0.237 e. The summed E-state index contributed by atoms with van der Waals surface area (Å²) in [4.78, 5) is 17.4. The molecule has 0 aliphatic carbocycles. The Hall–Kier alpha value is -2.91. The molecule has 0 spiro atoms. The minimum atomic E-state index is -0.414. The van der Waals surface area contributed by atoms with Crippen LogP contribution in [0.3, 0.4) is 0 Å². The van der Waals surface area contributed by atoms with Crippen molar-refractivity contribution < 1.29 is 9.18 Å². The number of aromatic nitrogens is 3. The van der Waals surface area contributed by atoms with E-state index < -0.39 is 5.25 Å². The minimum absolute atomic E-state index is 0.0237. The van der Waals surface area contributed by atoms with Crippen molar-refractivity contribution in [1.82, 2.24) is 19.7 Å².